The van der Waals surface area contributed by atoms with E-state index in [9.17, 15) is 9.18 Å². The maximum Gasteiger partial charge on any atom is 0.338 e. The van der Waals surface area contributed by atoms with Gasteiger partial charge in [-0.25, -0.2) is 14.2 Å². The molecule has 2 aromatic rings. The number of ether oxygens (including phenoxy) is 1. The molecule has 3 rings (SSSR count). The number of carbonyl (C=O) groups is 1. The first-order valence-corrected chi connectivity index (χ1v) is 9.69. The third-order valence-corrected chi connectivity index (χ3v) is 4.72. The number of hydrogen-bond donors (Lipinski definition) is 2. The number of aliphatic imine (C=N–C) groups is 1. The molecule has 1 atom stereocenters. The monoisotopic (exact) mass is 399 g/mol. The van der Waals surface area contributed by atoms with Crippen LogP contribution in [0.25, 0.3) is 0 Å². The quantitative estimate of drug-likeness (QED) is 0.441. The first-order chi connectivity index (χ1) is 14.1. The van der Waals surface area contributed by atoms with E-state index in [1.54, 1.807) is 38.4 Å². The lowest BCUT2D eigenvalue weighted by Crippen LogP contribution is -2.44. The zero-order valence-corrected chi connectivity index (χ0v) is 16.7. The predicted octanol–water partition coefficient (Wildman–Crippen LogP) is 2.34. The Morgan fingerprint density at radius 1 is 1.34 bits per heavy atom. The fourth-order valence-corrected chi connectivity index (χ4v) is 3.23. The molecule has 7 nitrogen and oxygen atoms in total. The highest BCUT2D eigenvalue weighted by Crippen LogP contribution is 2.20. The smallest absolute Gasteiger partial charge is 0.338 e. The lowest BCUT2D eigenvalue weighted by molar-refractivity contribution is 0.0526. The second-order valence-electron chi connectivity index (χ2n) is 6.73. The molecule has 1 saturated heterocycles. The van der Waals surface area contributed by atoms with Crippen molar-refractivity contribution in [1.82, 2.24) is 15.6 Å². The molecule has 1 fully saturated rings. The Morgan fingerprint density at radius 2 is 2.14 bits per heavy atom. The van der Waals surface area contributed by atoms with Crippen LogP contribution in [0.1, 0.15) is 29.3 Å². The van der Waals surface area contributed by atoms with Crippen molar-refractivity contribution in [2.24, 2.45) is 4.99 Å². The summed E-state index contributed by atoms with van der Waals surface area (Å²) >= 11 is 0. The fraction of sp³-hybridized carbons (Fsp3) is 0.381. The highest BCUT2D eigenvalue weighted by molar-refractivity contribution is 5.89. The van der Waals surface area contributed by atoms with Gasteiger partial charge in [0.25, 0.3) is 0 Å². The number of hydrogen-bond acceptors (Lipinski definition) is 5. The van der Waals surface area contributed by atoms with Gasteiger partial charge in [0.05, 0.1) is 12.2 Å². The molecule has 8 heteroatoms. The number of carbonyl (C=O) groups excluding carboxylic acids is 1. The second kappa shape index (κ2) is 9.86. The molecule has 1 aromatic carbocycles. The van der Waals surface area contributed by atoms with E-state index >= 15 is 0 Å². The molecule has 0 aliphatic carbocycles. The largest absolute Gasteiger partial charge is 0.462 e. The fourth-order valence-electron chi connectivity index (χ4n) is 3.23. The topological polar surface area (TPSA) is 78.8 Å². The number of nitrogens with zero attached hydrogens (tertiary/aromatic N) is 3. The molecular weight excluding hydrogens is 373 g/mol. The summed E-state index contributed by atoms with van der Waals surface area (Å²) in [5, 5.41) is 6.64. The summed E-state index contributed by atoms with van der Waals surface area (Å²) in [4.78, 5) is 22.1. The molecule has 1 aliphatic rings. The van der Waals surface area contributed by atoms with Crippen LogP contribution in [0.3, 0.4) is 0 Å². The van der Waals surface area contributed by atoms with Gasteiger partial charge in [-0.1, -0.05) is 12.1 Å². The van der Waals surface area contributed by atoms with E-state index in [2.05, 4.69) is 20.6 Å². The number of anilines is 1. The van der Waals surface area contributed by atoms with Crippen LogP contribution in [0.2, 0.25) is 0 Å². The number of benzene rings is 1. The third-order valence-electron chi connectivity index (χ3n) is 4.72. The van der Waals surface area contributed by atoms with Crippen LogP contribution in [-0.2, 0) is 11.3 Å². The van der Waals surface area contributed by atoms with Gasteiger partial charge >= 0.3 is 5.97 Å². The molecule has 1 unspecified atom stereocenters. The minimum Gasteiger partial charge on any atom is -0.462 e. The van der Waals surface area contributed by atoms with E-state index in [4.69, 9.17) is 4.74 Å². The van der Waals surface area contributed by atoms with Crippen LogP contribution >= 0.6 is 0 Å². The summed E-state index contributed by atoms with van der Waals surface area (Å²) in [6.07, 6.45) is 2.47. The van der Waals surface area contributed by atoms with Crippen molar-refractivity contribution < 1.29 is 13.9 Å². The van der Waals surface area contributed by atoms with E-state index < -0.39 is 0 Å². The SMILES string of the molecule is CCOC(=O)c1ccc(CNC(=NC)NC2CCN(c3ncccc3F)C2)cc1. The second-order valence-corrected chi connectivity index (χ2v) is 6.73. The van der Waals surface area contributed by atoms with E-state index in [0.717, 1.165) is 18.5 Å². The van der Waals surface area contributed by atoms with Gasteiger partial charge in [0.15, 0.2) is 17.6 Å². The number of guanidine groups is 1. The maximum absolute atomic E-state index is 13.9. The van der Waals surface area contributed by atoms with Gasteiger partial charge in [-0.2, -0.15) is 0 Å². The van der Waals surface area contributed by atoms with Gasteiger partial charge in [0.2, 0.25) is 0 Å². The van der Waals surface area contributed by atoms with Crippen LogP contribution in [-0.4, -0.2) is 49.7 Å². The standard InChI is InChI=1S/C21H26FN5O2/c1-3-29-20(28)16-8-6-15(7-9-16)13-25-21(23-2)26-17-10-12-27(14-17)19-18(22)5-4-11-24-19/h4-9,11,17H,3,10,12-14H2,1-2H3,(H2,23,25,26). The van der Waals surface area contributed by atoms with Crippen molar-refractivity contribution in [3.63, 3.8) is 0 Å². The number of pyridine rings is 1. The van der Waals surface area contributed by atoms with Crippen LogP contribution in [0.15, 0.2) is 47.6 Å². The predicted molar refractivity (Wildman–Crippen MR) is 111 cm³/mol. The molecule has 2 N–H and O–H groups in total. The summed E-state index contributed by atoms with van der Waals surface area (Å²) < 4.78 is 18.9. The van der Waals surface area contributed by atoms with Gasteiger partial charge in [-0.15, -0.1) is 0 Å². The van der Waals surface area contributed by atoms with E-state index in [0.29, 0.717) is 37.0 Å². The molecular formula is C21H26FN5O2. The van der Waals surface area contributed by atoms with Gasteiger partial charge in [-0.05, 0) is 43.2 Å². The Balaban J connectivity index is 1.50. The molecule has 0 radical (unpaired) electrons. The highest BCUT2D eigenvalue weighted by atomic mass is 19.1. The van der Waals surface area contributed by atoms with Crippen LogP contribution in [0, 0.1) is 5.82 Å². The lowest BCUT2D eigenvalue weighted by Gasteiger charge is -2.20. The Kier molecular flexibility index (Phi) is 6.99. The molecule has 154 valence electrons. The summed E-state index contributed by atoms with van der Waals surface area (Å²) in [6, 6.07) is 10.4. The van der Waals surface area contributed by atoms with E-state index in [-0.39, 0.29) is 17.8 Å². The highest BCUT2D eigenvalue weighted by Gasteiger charge is 2.25. The lowest BCUT2D eigenvalue weighted by atomic mass is 10.1. The summed E-state index contributed by atoms with van der Waals surface area (Å²) in [6.45, 7) is 4.09. The van der Waals surface area contributed by atoms with Crippen LogP contribution < -0.4 is 15.5 Å². The molecule has 0 bridgehead atoms. The molecule has 0 spiro atoms. The molecule has 1 aliphatic heterocycles. The van der Waals surface area contributed by atoms with Crippen molar-refractivity contribution in [1.29, 1.82) is 0 Å². The Hall–Kier alpha value is -3.16. The first kappa shape index (κ1) is 20.6. The summed E-state index contributed by atoms with van der Waals surface area (Å²) in [7, 11) is 1.71. The molecule has 0 saturated carbocycles. The normalized spacial score (nSPS) is 16.6. The van der Waals surface area contributed by atoms with E-state index in [1.807, 2.05) is 17.0 Å². The van der Waals surface area contributed by atoms with Gasteiger partial charge in [-0.3, -0.25) is 4.99 Å². The van der Waals surface area contributed by atoms with Crippen molar-refractivity contribution in [2.75, 3.05) is 31.6 Å². The number of halogens is 1. The Labute approximate surface area is 170 Å². The Morgan fingerprint density at radius 3 is 2.83 bits per heavy atom. The zero-order chi connectivity index (χ0) is 20.6. The van der Waals surface area contributed by atoms with E-state index in [1.165, 1.54) is 6.07 Å². The average molecular weight is 399 g/mol. The molecule has 1 aromatic heterocycles. The number of nitrogens with one attached hydrogen (secondary N) is 2. The van der Waals surface area contributed by atoms with Crippen molar-refractivity contribution in [2.45, 2.75) is 25.9 Å². The molecule has 2 heterocycles. The minimum absolute atomic E-state index is 0.147. The zero-order valence-electron chi connectivity index (χ0n) is 16.7. The van der Waals surface area contributed by atoms with Crippen LogP contribution in [0.5, 0.6) is 0 Å². The number of aromatic nitrogens is 1. The van der Waals surface area contributed by atoms with Gasteiger partial charge in [0, 0.05) is 38.9 Å². The Bertz CT molecular complexity index is 856. The summed E-state index contributed by atoms with van der Waals surface area (Å²) in [5.74, 6) is 0.441. The molecule has 0 amide bonds. The van der Waals surface area contributed by atoms with Crippen molar-refractivity contribution >= 4 is 17.7 Å². The third kappa shape index (κ3) is 5.43. The van der Waals surface area contributed by atoms with Gasteiger partial charge < -0.3 is 20.3 Å². The van der Waals surface area contributed by atoms with Gasteiger partial charge in [0.1, 0.15) is 0 Å². The summed E-state index contributed by atoms with van der Waals surface area (Å²) in [5.41, 5.74) is 1.55. The number of esters is 1. The van der Waals surface area contributed by atoms with Crippen molar-refractivity contribution in [3.05, 3.63) is 59.5 Å². The minimum atomic E-state index is -0.320. The van der Waals surface area contributed by atoms with Crippen molar-refractivity contribution in [3.8, 4) is 0 Å². The maximum atomic E-state index is 13.9. The average Bonchev–Trinajstić information content (AvgIpc) is 3.20. The number of rotatable bonds is 6. The first-order valence-electron chi connectivity index (χ1n) is 9.69. The van der Waals surface area contributed by atoms with Crippen LogP contribution in [0.4, 0.5) is 10.2 Å². The molecule has 29 heavy (non-hydrogen) atoms.